The molecule has 1 N–H and O–H groups in total. The molecule has 0 bridgehead atoms. The zero-order valence-corrected chi connectivity index (χ0v) is 13.7. The van der Waals surface area contributed by atoms with Crippen molar-refractivity contribution in [2.45, 2.75) is 25.6 Å². The average molecular weight is 338 g/mol. The van der Waals surface area contributed by atoms with Gasteiger partial charge < -0.3 is 10.1 Å². The molecule has 1 aromatic carbocycles. The molecule has 118 valence electrons. The van der Waals surface area contributed by atoms with E-state index in [0.717, 1.165) is 17.0 Å². The van der Waals surface area contributed by atoms with E-state index >= 15 is 0 Å². The molecule has 0 amide bonds. The van der Waals surface area contributed by atoms with Gasteiger partial charge in [-0.1, -0.05) is 12.1 Å². The fourth-order valence-electron chi connectivity index (χ4n) is 2.39. The van der Waals surface area contributed by atoms with Gasteiger partial charge >= 0.3 is 0 Å². The predicted molar refractivity (Wildman–Crippen MR) is 86.8 cm³/mol. The Labute approximate surface area is 134 Å². The Morgan fingerprint density at radius 3 is 2.77 bits per heavy atom. The van der Waals surface area contributed by atoms with E-state index in [1.54, 1.807) is 16.8 Å². The second kappa shape index (κ2) is 6.76. The van der Waals surface area contributed by atoms with Crippen molar-refractivity contribution in [3.05, 3.63) is 46.4 Å². The van der Waals surface area contributed by atoms with Crippen LogP contribution in [0, 0.1) is 0 Å². The molecule has 0 spiro atoms. The summed E-state index contributed by atoms with van der Waals surface area (Å²) in [6.07, 6.45) is 0.706. The molecule has 2 aromatic rings. The number of thiazole rings is 1. The minimum absolute atomic E-state index is 0.0746. The quantitative estimate of drug-likeness (QED) is 0.872. The highest BCUT2D eigenvalue weighted by Gasteiger charge is 2.27. The third-order valence-electron chi connectivity index (χ3n) is 3.62. The van der Waals surface area contributed by atoms with E-state index in [1.807, 2.05) is 29.6 Å². The summed E-state index contributed by atoms with van der Waals surface area (Å²) < 4.78 is 28.5. The van der Waals surface area contributed by atoms with E-state index in [2.05, 4.69) is 10.3 Å². The molecule has 1 saturated heterocycles. The standard InChI is InChI=1S/C15H18N2O3S2/c18-22(19)6-5-13(10-22)16-7-12-1-3-15(4-2-12)20-8-14-9-21-11-17-14/h1-4,9,11,13,16H,5-8,10H2/t13-/m0/s1. The van der Waals surface area contributed by atoms with Crippen LogP contribution in [0.2, 0.25) is 0 Å². The molecule has 7 heteroatoms. The first kappa shape index (κ1) is 15.5. The van der Waals surface area contributed by atoms with Crippen LogP contribution in [0.1, 0.15) is 17.7 Å². The van der Waals surface area contributed by atoms with Crippen LogP contribution in [0.3, 0.4) is 0 Å². The summed E-state index contributed by atoms with van der Waals surface area (Å²) in [5.74, 6) is 1.36. The van der Waals surface area contributed by atoms with Gasteiger partial charge in [0.1, 0.15) is 12.4 Å². The minimum atomic E-state index is -2.82. The van der Waals surface area contributed by atoms with E-state index in [0.29, 0.717) is 25.3 Å². The van der Waals surface area contributed by atoms with E-state index < -0.39 is 9.84 Å². The topological polar surface area (TPSA) is 68.3 Å². The summed E-state index contributed by atoms with van der Waals surface area (Å²) in [6, 6.07) is 7.91. The Morgan fingerprint density at radius 1 is 1.32 bits per heavy atom. The van der Waals surface area contributed by atoms with E-state index in [4.69, 9.17) is 4.74 Å². The molecule has 3 rings (SSSR count). The van der Waals surface area contributed by atoms with Crippen LogP contribution in [-0.2, 0) is 23.0 Å². The van der Waals surface area contributed by atoms with Crippen LogP contribution >= 0.6 is 11.3 Å². The summed E-state index contributed by atoms with van der Waals surface area (Å²) >= 11 is 1.55. The lowest BCUT2D eigenvalue weighted by Crippen LogP contribution is -2.29. The molecule has 1 aromatic heterocycles. The lowest BCUT2D eigenvalue weighted by molar-refractivity contribution is 0.302. The Morgan fingerprint density at radius 2 is 2.14 bits per heavy atom. The van der Waals surface area contributed by atoms with Crippen molar-refractivity contribution in [1.82, 2.24) is 10.3 Å². The monoisotopic (exact) mass is 338 g/mol. The van der Waals surface area contributed by atoms with Crippen molar-refractivity contribution in [3.8, 4) is 5.75 Å². The van der Waals surface area contributed by atoms with Crippen molar-refractivity contribution < 1.29 is 13.2 Å². The molecular formula is C15H18N2O3S2. The SMILES string of the molecule is O=S1(=O)CC[C@H](NCc2ccc(OCc3cscn3)cc2)C1. The Kier molecular flexibility index (Phi) is 4.75. The maximum Gasteiger partial charge on any atom is 0.151 e. The van der Waals surface area contributed by atoms with Crippen molar-refractivity contribution >= 4 is 21.2 Å². The fourth-order valence-corrected chi connectivity index (χ4v) is 4.64. The Bertz CT molecular complexity index is 697. The van der Waals surface area contributed by atoms with Crippen molar-refractivity contribution in [3.63, 3.8) is 0 Å². The lowest BCUT2D eigenvalue weighted by atomic mass is 10.2. The lowest BCUT2D eigenvalue weighted by Gasteiger charge is -2.11. The summed E-state index contributed by atoms with van der Waals surface area (Å²) in [7, 11) is -2.82. The largest absolute Gasteiger partial charge is 0.487 e. The molecule has 1 aliphatic rings. The number of hydrogen-bond acceptors (Lipinski definition) is 6. The highest BCUT2D eigenvalue weighted by atomic mass is 32.2. The molecule has 0 unspecified atom stereocenters. The normalized spacial score (nSPS) is 20.1. The third kappa shape index (κ3) is 4.28. The van der Waals surface area contributed by atoms with Crippen molar-refractivity contribution in [2.24, 2.45) is 0 Å². The number of rotatable bonds is 6. The van der Waals surface area contributed by atoms with Gasteiger partial charge in [-0.15, -0.1) is 11.3 Å². The van der Waals surface area contributed by atoms with Gasteiger partial charge in [0.15, 0.2) is 9.84 Å². The Balaban J connectivity index is 1.47. The molecule has 0 radical (unpaired) electrons. The second-order valence-corrected chi connectivity index (χ2v) is 8.34. The van der Waals surface area contributed by atoms with Gasteiger partial charge in [-0.3, -0.25) is 0 Å². The maximum absolute atomic E-state index is 11.4. The maximum atomic E-state index is 11.4. The highest BCUT2D eigenvalue weighted by Crippen LogP contribution is 2.16. The van der Waals surface area contributed by atoms with Gasteiger partial charge in [0.05, 0.1) is 22.7 Å². The summed E-state index contributed by atoms with van der Waals surface area (Å²) in [4.78, 5) is 4.17. The number of hydrogen-bond donors (Lipinski definition) is 1. The summed E-state index contributed by atoms with van der Waals surface area (Å²) in [6.45, 7) is 1.15. The van der Waals surface area contributed by atoms with E-state index in [-0.39, 0.29) is 11.8 Å². The molecule has 22 heavy (non-hydrogen) atoms. The molecular weight excluding hydrogens is 320 g/mol. The van der Waals surface area contributed by atoms with E-state index in [9.17, 15) is 8.42 Å². The third-order valence-corrected chi connectivity index (χ3v) is 6.02. The number of nitrogens with zero attached hydrogens (tertiary/aromatic N) is 1. The summed E-state index contributed by atoms with van der Waals surface area (Å²) in [5, 5.41) is 5.26. The zero-order valence-electron chi connectivity index (χ0n) is 12.1. The zero-order chi connectivity index (χ0) is 15.4. The van der Waals surface area contributed by atoms with Gasteiger partial charge in [0.25, 0.3) is 0 Å². The number of aromatic nitrogens is 1. The fraction of sp³-hybridized carbons (Fsp3) is 0.400. The molecule has 2 heterocycles. The molecule has 1 atom stereocenters. The first-order valence-corrected chi connectivity index (χ1v) is 9.90. The van der Waals surface area contributed by atoms with Crippen LogP contribution < -0.4 is 10.1 Å². The van der Waals surface area contributed by atoms with Gasteiger partial charge in [-0.2, -0.15) is 0 Å². The van der Waals surface area contributed by atoms with Crippen molar-refractivity contribution in [1.29, 1.82) is 0 Å². The van der Waals surface area contributed by atoms with Crippen LogP contribution in [0.25, 0.3) is 0 Å². The number of benzene rings is 1. The minimum Gasteiger partial charge on any atom is -0.487 e. The number of nitrogens with one attached hydrogen (secondary N) is 1. The van der Waals surface area contributed by atoms with Crippen molar-refractivity contribution in [2.75, 3.05) is 11.5 Å². The van der Waals surface area contributed by atoms with Crippen LogP contribution in [0.15, 0.2) is 35.2 Å². The first-order valence-electron chi connectivity index (χ1n) is 7.13. The molecule has 0 aliphatic carbocycles. The highest BCUT2D eigenvalue weighted by molar-refractivity contribution is 7.91. The van der Waals surface area contributed by atoms with Crippen LogP contribution in [0.5, 0.6) is 5.75 Å². The second-order valence-electron chi connectivity index (χ2n) is 5.39. The van der Waals surface area contributed by atoms with Gasteiger partial charge in [0.2, 0.25) is 0 Å². The first-order chi connectivity index (χ1) is 10.6. The molecule has 1 aliphatic heterocycles. The smallest absolute Gasteiger partial charge is 0.151 e. The molecule has 1 fully saturated rings. The number of sulfone groups is 1. The van der Waals surface area contributed by atoms with Crippen LogP contribution in [-0.4, -0.2) is 30.9 Å². The Hall–Kier alpha value is -1.44. The predicted octanol–water partition coefficient (Wildman–Crippen LogP) is 2.00. The molecule has 0 saturated carbocycles. The van der Waals surface area contributed by atoms with Gasteiger partial charge in [0, 0.05) is 18.0 Å². The molecule has 5 nitrogen and oxygen atoms in total. The van der Waals surface area contributed by atoms with E-state index in [1.165, 1.54) is 0 Å². The summed E-state index contributed by atoms with van der Waals surface area (Å²) in [5.41, 5.74) is 3.83. The van der Waals surface area contributed by atoms with Crippen LogP contribution in [0.4, 0.5) is 0 Å². The number of ether oxygens (including phenoxy) is 1. The average Bonchev–Trinajstić information content (AvgIpc) is 3.13. The van der Waals surface area contributed by atoms with Gasteiger partial charge in [-0.25, -0.2) is 13.4 Å². The van der Waals surface area contributed by atoms with Gasteiger partial charge in [-0.05, 0) is 24.1 Å².